The van der Waals surface area contributed by atoms with Crippen LogP contribution in [0.25, 0.3) is 0 Å². The summed E-state index contributed by atoms with van der Waals surface area (Å²) in [5, 5.41) is 0. The van der Waals surface area contributed by atoms with Crippen LogP contribution >= 0.6 is 12.4 Å². The van der Waals surface area contributed by atoms with Crippen molar-refractivity contribution in [1.82, 2.24) is 4.90 Å². The molecule has 1 saturated carbocycles. The van der Waals surface area contributed by atoms with Crippen LogP contribution in [0.2, 0.25) is 0 Å². The van der Waals surface area contributed by atoms with Crippen LogP contribution in [0, 0.1) is 23.2 Å². The molecule has 1 heterocycles. The van der Waals surface area contributed by atoms with Gasteiger partial charge in [-0.2, -0.15) is 0 Å². The number of carbonyl (C=O) groups excluding carboxylic acids is 1. The van der Waals surface area contributed by atoms with E-state index in [2.05, 4.69) is 25.7 Å². The predicted molar refractivity (Wildman–Crippen MR) is 95.1 cm³/mol. The van der Waals surface area contributed by atoms with E-state index in [-0.39, 0.29) is 23.7 Å². The van der Waals surface area contributed by atoms with Crippen molar-refractivity contribution in [1.29, 1.82) is 0 Å². The first kappa shape index (κ1) is 19.8. The summed E-state index contributed by atoms with van der Waals surface area (Å²) in [6.07, 6.45) is 8.93. The Morgan fingerprint density at radius 2 is 1.91 bits per heavy atom. The molecule has 0 aromatic heterocycles. The van der Waals surface area contributed by atoms with Crippen molar-refractivity contribution in [2.75, 3.05) is 19.6 Å². The van der Waals surface area contributed by atoms with Crippen LogP contribution in [0.1, 0.15) is 65.7 Å². The Balaban J connectivity index is 0.00000242. The van der Waals surface area contributed by atoms with Crippen molar-refractivity contribution >= 4 is 18.3 Å². The zero-order valence-electron chi connectivity index (χ0n) is 14.6. The maximum absolute atomic E-state index is 12.9. The number of nitrogens with two attached hydrogens (primary N) is 1. The monoisotopic (exact) mass is 330 g/mol. The van der Waals surface area contributed by atoms with Gasteiger partial charge in [-0.05, 0) is 36.6 Å². The van der Waals surface area contributed by atoms with Crippen LogP contribution < -0.4 is 5.73 Å². The van der Waals surface area contributed by atoms with E-state index in [4.69, 9.17) is 5.73 Å². The molecule has 0 aromatic rings. The van der Waals surface area contributed by atoms with E-state index in [1.165, 1.54) is 32.1 Å². The molecule has 0 bridgehead atoms. The molecule has 2 atom stereocenters. The Morgan fingerprint density at radius 3 is 2.41 bits per heavy atom. The number of nitrogens with zero attached hydrogens (tertiary/aromatic N) is 1. The van der Waals surface area contributed by atoms with E-state index in [9.17, 15) is 4.79 Å². The van der Waals surface area contributed by atoms with Gasteiger partial charge >= 0.3 is 0 Å². The zero-order valence-corrected chi connectivity index (χ0v) is 15.5. The minimum absolute atomic E-state index is 0. The molecule has 2 aliphatic rings. The summed E-state index contributed by atoms with van der Waals surface area (Å²) in [4.78, 5) is 15.0. The molecule has 2 N–H and O–H groups in total. The Hall–Kier alpha value is -0.280. The van der Waals surface area contributed by atoms with Crippen LogP contribution in [0.5, 0.6) is 0 Å². The average Bonchev–Trinajstić information content (AvgIpc) is 2.88. The van der Waals surface area contributed by atoms with Crippen molar-refractivity contribution in [3.8, 4) is 0 Å². The van der Waals surface area contributed by atoms with Gasteiger partial charge in [-0.3, -0.25) is 4.79 Å². The smallest absolute Gasteiger partial charge is 0.225 e. The highest BCUT2D eigenvalue weighted by Gasteiger charge is 2.38. The van der Waals surface area contributed by atoms with Gasteiger partial charge in [0.05, 0.1) is 0 Å². The molecule has 1 aliphatic heterocycles. The van der Waals surface area contributed by atoms with Gasteiger partial charge in [-0.15, -0.1) is 12.4 Å². The molecular weight excluding hydrogens is 296 g/mol. The minimum Gasteiger partial charge on any atom is -0.342 e. The first-order valence-electron chi connectivity index (χ1n) is 8.94. The van der Waals surface area contributed by atoms with Crippen LogP contribution in [0.15, 0.2) is 0 Å². The summed E-state index contributed by atoms with van der Waals surface area (Å²) in [6, 6.07) is 0. The van der Waals surface area contributed by atoms with E-state index in [0.717, 1.165) is 31.8 Å². The fourth-order valence-corrected chi connectivity index (χ4v) is 4.05. The fraction of sp³-hybridized carbons (Fsp3) is 0.944. The SMILES string of the molecule is CC(C)C(CC1CCCCC1)C(=O)N1CCC(C)(CN)C1.Cl. The van der Waals surface area contributed by atoms with E-state index in [1.54, 1.807) is 0 Å². The average molecular weight is 331 g/mol. The Morgan fingerprint density at radius 1 is 1.27 bits per heavy atom. The topological polar surface area (TPSA) is 46.3 Å². The lowest BCUT2D eigenvalue weighted by Gasteiger charge is -2.31. The first-order chi connectivity index (χ1) is 9.95. The highest BCUT2D eigenvalue weighted by molar-refractivity contribution is 5.85. The number of hydrogen-bond donors (Lipinski definition) is 1. The summed E-state index contributed by atoms with van der Waals surface area (Å²) in [7, 11) is 0. The van der Waals surface area contributed by atoms with Gasteiger partial charge in [0.15, 0.2) is 0 Å². The normalized spacial score (nSPS) is 27.8. The summed E-state index contributed by atoms with van der Waals surface area (Å²) in [5.41, 5.74) is 6.02. The molecule has 0 aromatic carbocycles. The maximum atomic E-state index is 12.9. The quantitative estimate of drug-likeness (QED) is 0.832. The molecule has 1 saturated heterocycles. The van der Waals surface area contributed by atoms with Crippen LogP contribution in [-0.2, 0) is 4.79 Å². The standard InChI is InChI=1S/C18H34N2O.ClH/c1-14(2)16(11-15-7-5-4-6-8-15)17(21)20-10-9-18(3,12-19)13-20;/h14-16H,4-13,19H2,1-3H3;1H. The molecule has 4 heteroatoms. The second-order valence-electron chi connectivity index (χ2n) is 8.11. The lowest BCUT2D eigenvalue weighted by Crippen LogP contribution is -2.40. The summed E-state index contributed by atoms with van der Waals surface area (Å²) in [6.45, 7) is 9.08. The van der Waals surface area contributed by atoms with Gasteiger partial charge in [-0.25, -0.2) is 0 Å². The van der Waals surface area contributed by atoms with E-state index >= 15 is 0 Å². The third-order valence-electron chi connectivity index (χ3n) is 5.80. The summed E-state index contributed by atoms with van der Waals surface area (Å²) >= 11 is 0. The second kappa shape index (κ2) is 8.54. The molecule has 1 aliphatic carbocycles. The van der Waals surface area contributed by atoms with Crippen molar-refractivity contribution in [2.45, 2.75) is 65.7 Å². The van der Waals surface area contributed by atoms with Crippen molar-refractivity contribution in [2.24, 2.45) is 28.9 Å². The van der Waals surface area contributed by atoms with Gasteiger partial charge in [0, 0.05) is 19.0 Å². The van der Waals surface area contributed by atoms with Crippen LogP contribution in [0.3, 0.4) is 0 Å². The van der Waals surface area contributed by atoms with Crippen molar-refractivity contribution in [3.63, 3.8) is 0 Å². The van der Waals surface area contributed by atoms with Gasteiger partial charge in [0.2, 0.25) is 5.91 Å². The van der Waals surface area contributed by atoms with E-state index < -0.39 is 0 Å². The largest absolute Gasteiger partial charge is 0.342 e. The lowest BCUT2D eigenvalue weighted by atomic mass is 9.78. The molecular formula is C18H35ClN2O. The van der Waals surface area contributed by atoms with Crippen molar-refractivity contribution in [3.05, 3.63) is 0 Å². The van der Waals surface area contributed by atoms with Gasteiger partial charge in [0.25, 0.3) is 0 Å². The molecule has 2 unspecified atom stereocenters. The zero-order chi connectivity index (χ0) is 15.5. The number of likely N-dealkylation sites (tertiary alicyclic amines) is 1. The number of hydrogen-bond acceptors (Lipinski definition) is 2. The number of rotatable bonds is 5. The second-order valence-corrected chi connectivity index (χ2v) is 8.11. The van der Waals surface area contributed by atoms with Crippen molar-refractivity contribution < 1.29 is 4.79 Å². The molecule has 130 valence electrons. The molecule has 22 heavy (non-hydrogen) atoms. The molecule has 0 radical (unpaired) electrons. The Labute approximate surface area is 142 Å². The van der Waals surface area contributed by atoms with Gasteiger partial charge < -0.3 is 10.6 Å². The minimum atomic E-state index is 0. The summed E-state index contributed by atoms with van der Waals surface area (Å²) in [5.74, 6) is 1.84. The molecule has 2 rings (SSSR count). The van der Waals surface area contributed by atoms with E-state index in [0.29, 0.717) is 18.4 Å². The fourth-order valence-electron chi connectivity index (χ4n) is 4.05. The predicted octanol–water partition coefficient (Wildman–Crippen LogP) is 3.85. The molecule has 1 amide bonds. The molecule has 0 spiro atoms. The van der Waals surface area contributed by atoms with Crippen LogP contribution in [0.4, 0.5) is 0 Å². The maximum Gasteiger partial charge on any atom is 0.225 e. The molecule has 3 nitrogen and oxygen atoms in total. The number of halogens is 1. The van der Waals surface area contributed by atoms with Gasteiger partial charge in [0.1, 0.15) is 0 Å². The lowest BCUT2D eigenvalue weighted by molar-refractivity contribution is -0.137. The number of amides is 1. The summed E-state index contributed by atoms with van der Waals surface area (Å²) < 4.78 is 0. The first-order valence-corrected chi connectivity index (χ1v) is 8.94. The highest BCUT2D eigenvalue weighted by Crippen LogP contribution is 2.35. The highest BCUT2D eigenvalue weighted by atomic mass is 35.5. The Bertz CT molecular complexity index is 355. The third-order valence-corrected chi connectivity index (χ3v) is 5.80. The Kier molecular flexibility index (Phi) is 7.67. The third kappa shape index (κ3) is 4.86. The molecule has 2 fully saturated rings. The van der Waals surface area contributed by atoms with Crippen LogP contribution in [-0.4, -0.2) is 30.4 Å². The van der Waals surface area contributed by atoms with E-state index in [1.807, 2.05) is 0 Å². The number of carbonyl (C=O) groups is 1. The van der Waals surface area contributed by atoms with Gasteiger partial charge in [-0.1, -0.05) is 52.9 Å².